The highest BCUT2D eigenvalue weighted by molar-refractivity contribution is 7.89. The monoisotopic (exact) mass is 381 g/mol. The molecule has 0 aliphatic carbocycles. The summed E-state index contributed by atoms with van der Waals surface area (Å²) < 4.78 is 27.5. The van der Waals surface area contributed by atoms with Gasteiger partial charge >= 0.3 is 0 Å². The number of aryl methyl sites for hydroxylation is 1. The number of hydrogen-bond donors (Lipinski definition) is 3. The van der Waals surface area contributed by atoms with Gasteiger partial charge in [-0.2, -0.15) is 0 Å². The molecule has 0 saturated carbocycles. The topological polar surface area (TPSA) is 86.6 Å². The minimum Gasteiger partial charge on any atom is -0.395 e. The van der Waals surface area contributed by atoms with Crippen LogP contribution < -0.4 is 4.72 Å². The molecule has 0 radical (unpaired) electrons. The van der Waals surface area contributed by atoms with Crippen molar-refractivity contribution in [2.24, 2.45) is 0 Å². The molecule has 0 bridgehead atoms. The molecule has 6 heteroatoms. The lowest BCUT2D eigenvalue weighted by Gasteiger charge is -2.29. The Balaban J connectivity index is 2.76. The maximum absolute atomic E-state index is 12.5. The molecular weight excluding hydrogens is 350 g/mol. The first kappa shape index (κ1) is 22.6. The predicted molar refractivity (Wildman–Crippen MR) is 105 cm³/mol. The molecule has 1 atom stereocenters. The lowest BCUT2D eigenvalue weighted by atomic mass is 9.86. The van der Waals surface area contributed by atoms with Crippen molar-refractivity contribution in [3.63, 3.8) is 0 Å². The van der Waals surface area contributed by atoms with Gasteiger partial charge in [-0.3, -0.25) is 0 Å². The molecule has 5 nitrogen and oxygen atoms in total. The predicted octanol–water partition coefficient (Wildman–Crippen LogP) is 3.08. The van der Waals surface area contributed by atoms with E-state index in [1.807, 2.05) is 6.92 Å². The number of nitrogens with one attached hydrogen (secondary N) is 1. The molecule has 0 amide bonds. The zero-order chi connectivity index (χ0) is 19.6. The summed E-state index contributed by atoms with van der Waals surface area (Å²) in [6, 6.07) is 5.88. The van der Waals surface area contributed by atoms with Crippen molar-refractivity contribution in [3.05, 3.63) is 55.1 Å². The second kappa shape index (κ2) is 10.6. The van der Waals surface area contributed by atoms with Crippen LogP contribution in [0.2, 0.25) is 0 Å². The molecule has 1 rings (SSSR count). The summed E-state index contributed by atoms with van der Waals surface area (Å²) in [6.45, 7) is 8.91. The Hall–Kier alpha value is -1.47. The molecule has 146 valence electrons. The molecule has 1 aromatic rings. The van der Waals surface area contributed by atoms with Crippen molar-refractivity contribution in [3.8, 4) is 0 Å². The first-order valence-electron chi connectivity index (χ1n) is 8.90. The van der Waals surface area contributed by atoms with E-state index in [9.17, 15) is 18.6 Å². The number of aliphatic hydroxyl groups is 2. The molecule has 0 spiro atoms. The quantitative estimate of drug-likeness (QED) is 0.458. The minimum atomic E-state index is -3.71. The standard InChI is InChI=1S/C20H31NO4S/c1-4-6-13-20(23,14-7-5-2)15-12-18(16-22)21-26(24,25)19-10-8-17(3)9-11-19/h4-5,8-11,18,21-23H,1-2,6-7,12-16H2,3H3/t18-/m0/s1. The van der Waals surface area contributed by atoms with Crippen LogP contribution in [0.3, 0.4) is 0 Å². The van der Waals surface area contributed by atoms with Gasteiger partial charge in [-0.25, -0.2) is 13.1 Å². The second-order valence-corrected chi connectivity index (χ2v) is 8.45. The number of rotatable bonds is 13. The molecule has 0 aromatic heterocycles. The van der Waals surface area contributed by atoms with E-state index in [-0.39, 0.29) is 11.5 Å². The third kappa shape index (κ3) is 7.41. The third-order valence-electron chi connectivity index (χ3n) is 4.46. The van der Waals surface area contributed by atoms with Crippen molar-refractivity contribution in [1.29, 1.82) is 0 Å². The number of allylic oxidation sites excluding steroid dienone is 2. The summed E-state index contributed by atoms with van der Waals surface area (Å²) in [7, 11) is -3.71. The SMILES string of the molecule is C=CCCC(O)(CCC=C)CC[C@@H](CO)NS(=O)(=O)c1ccc(C)cc1. The Morgan fingerprint density at radius 3 is 2.12 bits per heavy atom. The number of benzene rings is 1. The average molecular weight is 382 g/mol. The highest BCUT2D eigenvalue weighted by Gasteiger charge is 2.28. The Labute approximate surface area is 157 Å². The fourth-order valence-electron chi connectivity index (χ4n) is 2.75. The first-order chi connectivity index (χ1) is 12.3. The van der Waals surface area contributed by atoms with E-state index in [0.717, 1.165) is 5.56 Å². The molecule has 0 fully saturated rings. The number of sulfonamides is 1. The zero-order valence-corrected chi connectivity index (χ0v) is 16.3. The first-order valence-corrected chi connectivity index (χ1v) is 10.4. The van der Waals surface area contributed by atoms with Crippen LogP contribution in [-0.4, -0.2) is 36.9 Å². The lowest BCUT2D eigenvalue weighted by Crippen LogP contribution is -2.40. The highest BCUT2D eigenvalue weighted by Crippen LogP contribution is 2.26. The smallest absolute Gasteiger partial charge is 0.240 e. The van der Waals surface area contributed by atoms with Crippen LogP contribution in [0.4, 0.5) is 0 Å². The third-order valence-corrected chi connectivity index (χ3v) is 6.00. The number of hydrogen-bond acceptors (Lipinski definition) is 4. The van der Waals surface area contributed by atoms with E-state index >= 15 is 0 Å². The molecule has 0 aliphatic heterocycles. The van der Waals surface area contributed by atoms with Gasteiger partial charge in [-0.1, -0.05) is 29.8 Å². The van der Waals surface area contributed by atoms with E-state index in [4.69, 9.17) is 0 Å². The summed E-state index contributed by atoms with van der Waals surface area (Å²) in [5, 5.41) is 20.4. The highest BCUT2D eigenvalue weighted by atomic mass is 32.2. The normalized spacial score (nSPS) is 13.3. The van der Waals surface area contributed by atoms with E-state index < -0.39 is 21.7 Å². The van der Waals surface area contributed by atoms with Gasteiger partial charge < -0.3 is 10.2 Å². The van der Waals surface area contributed by atoms with Crippen LogP contribution in [-0.2, 0) is 10.0 Å². The average Bonchev–Trinajstić information content (AvgIpc) is 2.62. The molecule has 26 heavy (non-hydrogen) atoms. The summed E-state index contributed by atoms with van der Waals surface area (Å²) in [5.74, 6) is 0. The fourth-order valence-corrected chi connectivity index (χ4v) is 4.01. The van der Waals surface area contributed by atoms with Crippen LogP contribution in [0.25, 0.3) is 0 Å². The van der Waals surface area contributed by atoms with Crippen molar-refractivity contribution < 1.29 is 18.6 Å². The van der Waals surface area contributed by atoms with E-state index in [1.54, 1.807) is 24.3 Å². The second-order valence-electron chi connectivity index (χ2n) is 6.73. The van der Waals surface area contributed by atoms with Gasteiger partial charge in [0, 0.05) is 6.04 Å². The molecule has 1 aromatic carbocycles. The molecule has 0 saturated heterocycles. The fraction of sp³-hybridized carbons (Fsp3) is 0.500. The van der Waals surface area contributed by atoms with Gasteiger partial charge in [0.25, 0.3) is 0 Å². The maximum Gasteiger partial charge on any atom is 0.240 e. The van der Waals surface area contributed by atoms with Gasteiger partial charge in [-0.05, 0) is 57.6 Å². The molecule has 0 aliphatic rings. The largest absolute Gasteiger partial charge is 0.395 e. The Kier molecular flexibility index (Phi) is 9.22. The maximum atomic E-state index is 12.5. The van der Waals surface area contributed by atoms with Gasteiger partial charge in [0.1, 0.15) is 0 Å². The summed E-state index contributed by atoms with van der Waals surface area (Å²) in [4.78, 5) is 0.162. The van der Waals surface area contributed by atoms with Crippen LogP contribution >= 0.6 is 0 Å². The van der Waals surface area contributed by atoms with Gasteiger partial charge in [-0.15, -0.1) is 13.2 Å². The minimum absolute atomic E-state index is 0.162. The van der Waals surface area contributed by atoms with E-state index in [1.165, 1.54) is 12.1 Å². The lowest BCUT2D eigenvalue weighted by molar-refractivity contribution is 0.0108. The molecule has 0 heterocycles. The van der Waals surface area contributed by atoms with Crippen molar-refractivity contribution in [2.75, 3.05) is 6.61 Å². The van der Waals surface area contributed by atoms with Gasteiger partial charge in [0.2, 0.25) is 10.0 Å². The van der Waals surface area contributed by atoms with Crippen LogP contribution in [0, 0.1) is 6.92 Å². The summed E-state index contributed by atoms with van der Waals surface area (Å²) >= 11 is 0. The zero-order valence-electron chi connectivity index (χ0n) is 15.5. The Bertz CT molecular complexity index is 656. The summed E-state index contributed by atoms with van der Waals surface area (Å²) in [5.41, 5.74) is 0.0441. The van der Waals surface area contributed by atoms with Gasteiger partial charge in [0.05, 0.1) is 17.1 Å². The van der Waals surface area contributed by atoms with E-state index in [2.05, 4.69) is 17.9 Å². The van der Waals surface area contributed by atoms with Crippen LogP contribution in [0.1, 0.15) is 44.1 Å². The molecule has 0 unspecified atom stereocenters. The number of aliphatic hydroxyl groups excluding tert-OH is 1. The van der Waals surface area contributed by atoms with Crippen molar-refractivity contribution >= 4 is 10.0 Å². The van der Waals surface area contributed by atoms with E-state index in [0.29, 0.717) is 38.5 Å². The Morgan fingerprint density at radius 1 is 1.12 bits per heavy atom. The van der Waals surface area contributed by atoms with Gasteiger partial charge in [0.15, 0.2) is 0 Å². The van der Waals surface area contributed by atoms with Crippen molar-refractivity contribution in [1.82, 2.24) is 4.72 Å². The Morgan fingerprint density at radius 2 is 1.65 bits per heavy atom. The van der Waals surface area contributed by atoms with Crippen molar-refractivity contribution in [2.45, 2.75) is 62.0 Å². The van der Waals surface area contributed by atoms with Crippen LogP contribution in [0.15, 0.2) is 54.5 Å². The molecular formula is C20H31NO4S. The molecule has 3 N–H and O–H groups in total. The summed E-state index contributed by atoms with van der Waals surface area (Å²) in [6.07, 6.45) is 6.67. The van der Waals surface area contributed by atoms with Crippen LogP contribution in [0.5, 0.6) is 0 Å².